The highest BCUT2D eigenvalue weighted by atomic mass is 32.1. The van der Waals surface area contributed by atoms with E-state index < -0.39 is 5.82 Å². The molecule has 1 aromatic carbocycles. The SMILES string of the molecule is COc1ccc(-c2ncnc3sccc23)cc1F. The minimum atomic E-state index is -0.392. The molecule has 2 heterocycles. The van der Waals surface area contributed by atoms with Crippen LogP contribution in [-0.4, -0.2) is 17.1 Å². The second-order valence-corrected chi connectivity index (χ2v) is 4.61. The second-order valence-electron chi connectivity index (χ2n) is 3.71. The second kappa shape index (κ2) is 4.34. The van der Waals surface area contributed by atoms with E-state index in [1.54, 1.807) is 12.1 Å². The van der Waals surface area contributed by atoms with Crippen molar-refractivity contribution < 1.29 is 9.13 Å². The predicted octanol–water partition coefficient (Wildman–Crippen LogP) is 3.51. The molecule has 0 atom stereocenters. The van der Waals surface area contributed by atoms with Gasteiger partial charge in [-0.3, -0.25) is 0 Å². The smallest absolute Gasteiger partial charge is 0.165 e. The monoisotopic (exact) mass is 260 g/mol. The molecule has 0 unspecified atom stereocenters. The highest BCUT2D eigenvalue weighted by molar-refractivity contribution is 7.16. The van der Waals surface area contributed by atoms with Crippen LogP contribution in [0.25, 0.3) is 21.5 Å². The summed E-state index contributed by atoms with van der Waals surface area (Å²) >= 11 is 1.54. The summed E-state index contributed by atoms with van der Waals surface area (Å²) in [6.07, 6.45) is 1.50. The van der Waals surface area contributed by atoms with E-state index in [1.165, 1.54) is 30.8 Å². The summed E-state index contributed by atoms with van der Waals surface area (Å²) in [6.45, 7) is 0. The van der Waals surface area contributed by atoms with Gasteiger partial charge in [-0.25, -0.2) is 14.4 Å². The maximum absolute atomic E-state index is 13.7. The number of ether oxygens (including phenoxy) is 1. The summed E-state index contributed by atoms with van der Waals surface area (Å²) in [6, 6.07) is 6.77. The normalized spacial score (nSPS) is 10.8. The Hall–Kier alpha value is -2.01. The molecule has 3 rings (SSSR count). The van der Waals surface area contributed by atoms with Crippen LogP contribution in [0.2, 0.25) is 0 Å². The highest BCUT2D eigenvalue weighted by Gasteiger charge is 2.10. The molecule has 0 aliphatic heterocycles. The largest absolute Gasteiger partial charge is 0.494 e. The number of methoxy groups -OCH3 is 1. The van der Waals surface area contributed by atoms with Gasteiger partial charge >= 0.3 is 0 Å². The Bertz CT molecular complexity index is 711. The van der Waals surface area contributed by atoms with E-state index in [-0.39, 0.29) is 5.75 Å². The van der Waals surface area contributed by atoms with Gasteiger partial charge in [-0.05, 0) is 29.6 Å². The van der Waals surface area contributed by atoms with Crippen molar-refractivity contribution in [2.24, 2.45) is 0 Å². The van der Waals surface area contributed by atoms with Crippen molar-refractivity contribution >= 4 is 21.6 Å². The molecule has 0 aliphatic rings. The number of rotatable bonds is 2. The molecule has 5 heteroatoms. The fourth-order valence-electron chi connectivity index (χ4n) is 1.83. The fourth-order valence-corrected chi connectivity index (χ4v) is 2.57. The Morgan fingerprint density at radius 3 is 2.89 bits per heavy atom. The molecule has 0 fully saturated rings. The van der Waals surface area contributed by atoms with Crippen LogP contribution in [0.4, 0.5) is 4.39 Å². The van der Waals surface area contributed by atoms with Crippen molar-refractivity contribution in [3.05, 3.63) is 41.8 Å². The first-order chi connectivity index (χ1) is 8.79. The Morgan fingerprint density at radius 2 is 2.11 bits per heavy atom. The van der Waals surface area contributed by atoms with E-state index in [4.69, 9.17) is 4.74 Å². The first-order valence-electron chi connectivity index (χ1n) is 5.31. The maximum atomic E-state index is 13.7. The number of benzene rings is 1. The number of nitrogens with zero attached hydrogens (tertiary/aromatic N) is 2. The molecular weight excluding hydrogens is 251 g/mol. The number of thiophene rings is 1. The highest BCUT2D eigenvalue weighted by Crippen LogP contribution is 2.30. The lowest BCUT2D eigenvalue weighted by molar-refractivity contribution is 0.386. The van der Waals surface area contributed by atoms with E-state index in [0.717, 1.165) is 21.5 Å². The van der Waals surface area contributed by atoms with Gasteiger partial charge < -0.3 is 4.74 Å². The zero-order chi connectivity index (χ0) is 12.5. The summed E-state index contributed by atoms with van der Waals surface area (Å²) in [4.78, 5) is 9.31. The van der Waals surface area contributed by atoms with Crippen LogP contribution in [0.15, 0.2) is 36.0 Å². The third kappa shape index (κ3) is 1.73. The van der Waals surface area contributed by atoms with Crippen molar-refractivity contribution in [3.8, 4) is 17.0 Å². The third-order valence-electron chi connectivity index (χ3n) is 2.69. The Morgan fingerprint density at radius 1 is 1.22 bits per heavy atom. The lowest BCUT2D eigenvalue weighted by Gasteiger charge is -2.05. The number of hydrogen-bond acceptors (Lipinski definition) is 4. The van der Waals surface area contributed by atoms with Gasteiger partial charge in [0, 0.05) is 10.9 Å². The van der Waals surface area contributed by atoms with Crippen molar-refractivity contribution in [2.45, 2.75) is 0 Å². The average molecular weight is 260 g/mol. The van der Waals surface area contributed by atoms with Gasteiger partial charge in [0.1, 0.15) is 11.2 Å². The molecule has 0 saturated carbocycles. The van der Waals surface area contributed by atoms with Crippen LogP contribution in [0, 0.1) is 5.82 Å². The van der Waals surface area contributed by atoms with Gasteiger partial charge in [0.15, 0.2) is 11.6 Å². The molecule has 0 N–H and O–H groups in total. The molecule has 0 amide bonds. The zero-order valence-electron chi connectivity index (χ0n) is 9.55. The van der Waals surface area contributed by atoms with E-state index in [0.29, 0.717) is 0 Å². The molecular formula is C13H9FN2OS. The summed E-state index contributed by atoms with van der Waals surface area (Å²) in [7, 11) is 1.44. The van der Waals surface area contributed by atoms with Crippen molar-refractivity contribution in [2.75, 3.05) is 7.11 Å². The van der Waals surface area contributed by atoms with Crippen LogP contribution in [0.5, 0.6) is 5.75 Å². The zero-order valence-corrected chi connectivity index (χ0v) is 10.4. The lowest BCUT2D eigenvalue weighted by atomic mass is 10.1. The van der Waals surface area contributed by atoms with Crippen molar-refractivity contribution in [1.82, 2.24) is 9.97 Å². The summed E-state index contributed by atoms with van der Waals surface area (Å²) < 4.78 is 18.6. The topological polar surface area (TPSA) is 35.0 Å². The van der Waals surface area contributed by atoms with E-state index in [9.17, 15) is 4.39 Å². The van der Waals surface area contributed by atoms with E-state index in [1.807, 2.05) is 11.4 Å². The number of halogens is 1. The summed E-state index contributed by atoms with van der Waals surface area (Å²) in [5, 5.41) is 2.88. The predicted molar refractivity (Wildman–Crippen MR) is 69.4 cm³/mol. The standard InChI is InChI=1S/C13H9FN2OS/c1-17-11-3-2-8(6-10(11)14)12-9-4-5-18-13(9)16-7-15-12/h2-7H,1H3. The van der Waals surface area contributed by atoms with Crippen LogP contribution in [-0.2, 0) is 0 Å². The molecule has 3 nitrogen and oxygen atoms in total. The summed E-state index contributed by atoms with van der Waals surface area (Å²) in [5.74, 6) is -0.161. The molecule has 0 aliphatic carbocycles. The van der Waals surface area contributed by atoms with Gasteiger partial charge in [-0.1, -0.05) is 0 Å². The average Bonchev–Trinajstić information content (AvgIpc) is 2.86. The summed E-state index contributed by atoms with van der Waals surface area (Å²) in [5.41, 5.74) is 1.46. The third-order valence-corrected chi connectivity index (χ3v) is 3.51. The van der Waals surface area contributed by atoms with Crippen molar-refractivity contribution in [1.29, 1.82) is 0 Å². The molecule has 3 aromatic rings. The van der Waals surface area contributed by atoms with Crippen LogP contribution >= 0.6 is 11.3 Å². The molecule has 18 heavy (non-hydrogen) atoms. The molecule has 0 saturated heterocycles. The van der Waals surface area contributed by atoms with Crippen LogP contribution < -0.4 is 4.74 Å². The van der Waals surface area contributed by atoms with Gasteiger partial charge in [-0.15, -0.1) is 11.3 Å². The molecule has 0 radical (unpaired) electrons. The minimum absolute atomic E-state index is 0.231. The van der Waals surface area contributed by atoms with Crippen LogP contribution in [0.3, 0.4) is 0 Å². The van der Waals surface area contributed by atoms with Gasteiger partial charge in [0.05, 0.1) is 12.8 Å². The lowest BCUT2D eigenvalue weighted by Crippen LogP contribution is -1.90. The van der Waals surface area contributed by atoms with Gasteiger partial charge in [0.2, 0.25) is 0 Å². The maximum Gasteiger partial charge on any atom is 0.165 e. The number of aromatic nitrogens is 2. The molecule has 0 spiro atoms. The first-order valence-corrected chi connectivity index (χ1v) is 6.19. The molecule has 90 valence electrons. The van der Waals surface area contributed by atoms with Crippen molar-refractivity contribution in [3.63, 3.8) is 0 Å². The number of fused-ring (bicyclic) bond motifs is 1. The minimum Gasteiger partial charge on any atom is -0.494 e. The van der Waals surface area contributed by atoms with Gasteiger partial charge in [-0.2, -0.15) is 0 Å². The Balaban J connectivity index is 2.20. The Labute approximate surface area is 107 Å². The Kier molecular flexibility index (Phi) is 2.68. The van der Waals surface area contributed by atoms with E-state index in [2.05, 4.69) is 9.97 Å². The van der Waals surface area contributed by atoms with Crippen LogP contribution in [0.1, 0.15) is 0 Å². The van der Waals surface area contributed by atoms with E-state index >= 15 is 0 Å². The molecule has 2 aromatic heterocycles. The number of hydrogen-bond donors (Lipinski definition) is 0. The molecule has 0 bridgehead atoms. The quantitative estimate of drug-likeness (QED) is 0.707. The fraction of sp³-hybridized carbons (Fsp3) is 0.0769. The first kappa shape index (κ1) is 11.1. The van der Waals surface area contributed by atoms with Gasteiger partial charge in [0.25, 0.3) is 0 Å².